The highest BCUT2D eigenvalue weighted by molar-refractivity contribution is 5.86. The highest BCUT2D eigenvalue weighted by Crippen LogP contribution is 2.12. The zero-order valence-corrected chi connectivity index (χ0v) is 10.0. The van der Waals surface area contributed by atoms with Crippen molar-refractivity contribution in [1.29, 1.82) is 0 Å². The molecule has 0 saturated carbocycles. The van der Waals surface area contributed by atoms with E-state index in [0.29, 0.717) is 12.8 Å². The van der Waals surface area contributed by atoms with E-state index in [9.17, 15) is 14.7 Å². The first-order chi connectivity index (χ1) is 7.34. The first-order valence-electron chi connectivity index (χ1n) is 5.40. The topological polar surface area (TPSA) is 104 Å². The fourth-order valence-electron chi connectivity index (χ4n) is 1.18. The van der Waals surface area contributed by atoms with Crippen molar-refractivity contribution in [3.8, 4) is 0 Å². The smallest absolute Gasteiger partial charge is 0.312 e. The number of amides is 3. The lowest BCUT2D eigenvalue weighted by Crippen LogP contribution is -2.50. The van der Waals surface area contributed by atoms with Crippen molar-refractivity contribution >= 4 is 11.9 Å². The fraction of sp³-hybridized carbons (Fsp3) is 0.800. The van der Waals surface area contributed by atoms with Crippen LogP contribution in [0, 0.1) is 0 Å². The van der Waals surface area contributed by atoms with Crippen LogP contribution in [0.15, 0.2) is 0 Å². The number of nitrogens with one attached hydrogen (secondary N) is 2. The molecule has 0 spiro atoms. The normalized spacial score (nSPS) is 13.0. The molecule has 0 rings (SSSR count). The molecule has 1 atom stereocenters. The minimum atomic E-state index is -0.887. The average molecular weight is 231 g/mol. The molecule has 0 aromatic carbocycles. The lowest BCUT2D eigenvalue weighted by molar-refractivity contribution is -0.123. The molecule has 0 aliphatic carbocycles. The Balaban J connectivity index is 4.10. The predicted octanol–water partition coefficient (Wildman–Crippen LogP) is -0.289. The number of hydrogen-bond donors (Lipinski definition) is 4. The average Bonchev–Trinajstić information content (AvgIpc) is 2.24. The van der Waals surface area contributed by atoms with Gasteiger partial charge < -0.3 is 21.5 Å². The van der Waals surface area contributed by atoms with Crippen molar-refractivity contribution < 1.29 is 14.7 Å². The zero-order chi connectivity index (χ0) is 12.8. The summed E-state index contributed by atoms with van der Waals surface area (Å²) in [5.74, 6) is -0.362. The number of carbonyl (C=O) groups is 2. The van der Waals surface area contributed by atoms with Crippen LogP contribution in [0.5, 0.6) is 0 Å². The van der Waals surface area contributed by atoms with E-state index < -0.39 is 17.7 Å². The molecule has 1 unspecified atom stereocenters. The number of hydrogen-bond acceptors (Lipinski definition) is 3. The molecule has 0 radical (unpaired) electrons. The third-order valence-corrected chi connectivity index (χ3v) is 2.66. The van der Waals surface area contributed by atoms with E-state index in [4.69, 9.17) is 5.73 Å². The van der Waals surface area contributed by atoms with Gasteiger partial charge in [-0.15, -0.1) is 0 Å². The summed E-state index contributed by atoms with van der Waals surface area (Å²) in [6, 6.07) is -1.45. The standard InChI is InChI=1S/C10H21N3O3/c1-4-10(16,5-2)6-12-8(14)7(3)13-9(11)15/h7,16H,4-6H2,1-3H3,(H,12,14)(H3,11,13,15). The summed E-state index contributed by atoms with van der Waals surface area (Å²) >= 11 is 0. The molecule has 0 saturated heterocycles. The maximum Gasteiger partial charge on any atom is 0.312 e. The molecule has 0 bridgehead atoms. The molecule has 0 aliphatic rings. The van der Waals surface area contributed by atoms with Crippen LogP contribution >= 0.6 is 0 Å². The highest BCUT2D eigenvalue weighted by Gasteiger charge is 2.24. The van der Waals surface area contributed by atoms with Crippen LogP contribution in [0.4, 0.5) is 4.79 Å². The van der Waals surface area contributed by atoms with Gasteiger partial charge in [-0.1, -0.05) is 13.8 Å². The molecular formula is C10H21N3O3. The van der Waals surface area contributed by atoms with Crippen molar-refractivity contribution in [1.82, 2.24) is 10.6 Å². The van der Waals surface area contributed by atoms with E-state index in [0.717, 1.165) is 0 Å². The van der Waals surface area contributed by atoms with E-state index in [1.807, 2.05) is 13.8 Å². The van der Waals surface area contributed by atoms with Crippen LogP contribution < -0.4 is 16.4 Å². The Morgan fingerprint density at radius 2 is 1.88 bits per heavy atom. The predicted molar refractivity (Wildman–Crippen MR) is 60.7 cm³/mol. The summed E-state index contributed by atoms with van der Waals surface area (Å²) in [7, 11) is 0. The maximum atomic E-state index is 11.5. The summed E-state index contributed by atoms with van der Waals surface area (Å²) in [4.78, 5) is 22.0. The third kappa shape index (κ3) is 4.97. The van der Waals surface area contributed by atoms with E-state index in [1.54, 1.807) is 0 Å². The number of nitrogens with two attached hydrogens (primary N) is 1. The van der Waals surface area contributed by atoms with E-state index in [2.05, 4.69) is 10.6 Å². The van der Waals surface area contributed by atoms with Crippen molar-refractivity contribution in [3.63, 3.8) is 0 Å². The molecular weight excluding hydrogens is 210 g/mol. The Labute approximate surface area is 95.6 Å². The summed E-state index contributed by atoms with van der Waals surface area (Å²) in [5.41, 5.74) is 4.00. The van der Waals surface area contributed by atoms with Crippen LogP contribution in [0.3, 0.4) is 0 Å². The molecule has 0 heterocycles. The quantitative estimate of drug-likeness (QED) is 0.505. The molecule has 16 heavy (non-hydrogen) atoms. The highest BCUT2D eigenvalue weighted by atomic mass is 16.3. The molecule has 6 heteroatoms. The minimum absolute atomic E-state index is 0.170. The van der Waals surface area contributed by atoms with Crippen LogP contribution in [0.1, 0.15) is 33.6 Å². The Hall–Kier alpha value is -1.30. The van der Waals surface area contributed by atoms with E-state index in [1.165, 1.54) is 6.92 Å². The monoisotopic (exact) mass is 231 g/mol. The van der Waals surface area contributed by atoms with Gasteiger partial charge >= 0.3 is 6.03 Å². The largest absolute Gasteiger partial charge is 0.388 e. The third-order valence-electron chi connectivity index (χ3n) is 2.66. The molecule has 0 aromatic heterocycles. The zero-order valence-electron chi connectivity index (χ0n) is 10.0. The Kier molecular flexibility index (Phi) is 5.81. The lowest BCUT2D eigenvalue weighted by atomic mass is 9.97. The summed E-state index contributed by atoms with van der Waals surface area (Å²) < 4.78 is 0. The molecule has 6 nitrogen and oxygen atoms in total. The van der Waals surface area contributed by atoms with Gasteiger partial charge in [0, 0.05) is 6.54 Å². The summed E-state index contributed by atoms with van der Waals surface area (Å²) in [5, 5.41) is 14.7. The lowest BCUT2D eigenvalue weighted by Gasteiger charge is -2.26. The second-order valence-electron chi connectivity index (χ2n) is 3.88. The van der Waals surface area contributed by atoms with Crippen molar-refractivity contribution in [2.75, 3.05) is 6.54 Å². The van der Waals surface area contributed by atoms with Gasteiger partial charge in [0.1, 0.15) is 6.04 Å². The SMILES string of the molecule is CCC(O)(CC)CNC(=O)C(C)NC(N)=O. The number of urea groups is 1. The van der Waals surface area contributed by atoms with Gasteiger partial charge in [0.25, 0.3) is 0 Å². The number of aliphatic hydroxyl groups is 1. The number of carbonyl (C=O) groups excluding carboxylic acids is 2. The fourth-order valence-corrected chi connectivity index (χ4v) is 1.18. The molecule has 0 aromatic rings. The van der Waals surface area contributed by atoms with Gasteiger partial charge in [0.05, 0.1) is 5.60 Å². The number of primary amides is 1. The van der Waals surface area contributed by atoms with Gasteiger partial charge in [-0.2, -0.15) is 0 Å². The van der Waals surface area contributed by atoms with Gasteiger partial charge in [-0.05, 0) is 19.8 Å². The summed E-state index contributed by atoms with van der Waals surface area (Å²) in [6.07, 6.45) is 1.11. The maximum absolute atomic E-state index is 11.5. The Bertz CT molecular complexity index is 252. The summed E-state index contributed by atoms with van der Waals surface area (Å²) in [6.45, 7) is 5.39. The molecule has 3 amide bonds. The van der Waals surface area contributed by atoms with Crippen molar-refractivity contribution in [2.45, 2.75) is 45.3 Å². The first-order valence-corrected chi connectivity index (χ1v) is 5.40. The second-order valence-corrected chi connectivity index (χ2v) is 3.88. The van der Waals surface area contributed by atoms with Crippen LogP contribution in [-0.4, -0.2) is 35.2 Å². The molecule has 94 valence electrons. The Morgan fingerprint density at radius 3 is 2.25 bits per heavy atom. The second kappa shape index (κ2) is 6.32. The van der Waals surface area contributed by atoms with Crippen LogP contribution in [0.25, 0.3) is 0 Å². The van der Waals surface area contributed by atoms with Crippen molar-refractivity contribution in [3.05, 3.63) is 0 Å². The van der Waals surface area contributed by atoms with Gasteiger partial charge in [-0.3, -0.25) is 4.79 Å². The molecule has 0 aliphatic heterocycles. The van der Waals surface area contributed by atoms with Crippen LogP contribution in [0.2, 0.25) is 0 Å². The molecule has 0 fully saturated rings. The van der Waals surface area contributed by atoms with E-state index in [-0.39, 0.29) is 12.5 Å². The van der Waals surface area contributed by atoms with Gasteiger partial charge in [0.2, 0.25) is 5.91 Å². The van der Waals surface area contributed by atoms with Gasteiger partial charge in [0.15, 0.2) is 0 Å². The van der Waals surface area contributed by atoms with Crippen LogP contribution in [-0.2, 0) is 4.79 Å². The van der Waals surface area contributed by atoms with Crippen molar-refractivity contribution in [2.24, 2.45) is 5.73 Å². The molecule has 5 N–H and O–H groups in total. The van der Waals surface area contributed by atoms with E-state index >= 15 is 0 Å². The Morgan fingerprint density at radius 1 is 1.38 bits per heavy atom. The minimum Gasteiger partial charge on any atom is -0.388 e. The first kappa shape index (κ1) is 14.7. The number of rotatable bonds is 6. The van der Waals surface area contributed by atoms with Gasteiger partial charge in [-0.25, -0.2) is 4.79 Å².